The van der Waals surface area contributed by atoms with Crippen LogP contribution in [0.25, 0.3) is 0 Å². The van der Waals surface area contributed by atoms with Crippen molar-refractivity contribution in [3.63, 3.8) is 0 Å². The molecule has 6 heteroatoms. The van der Waals surface area contributed by atoms with Gasteiger partial charge in [0.2, 0.25) is 0 Å². The molecule has 1 heterocycles. The van der Waals surface area contributed by atoms with Gasteiger partial charge in [-0.25, -0.2) is 14.8 Å². The summed E-state index contributed by atoms with van der Waals surface area (Å²) in [5.41, 5.74) is 1.26. The van der Waals surface area contributed by atoms with Gasteiger partial charge in [0.1, 0.15) is 11.9 Å². The van der Waals surface area contributed by atoms with Crippen LogP contribution in [-0.2, 0) is 4.74 Å². The van der Waals surface area contributed by atoms with Gasteiger partial charge in [0, 0.05) is 0 Å². The maximum Gasteiger partial charge on any atom is 0.358 e. The Labute approximate surface area is 109 Å². The second-order valence-electron chi connectivity index (χ2n) is 3.56. The minimum Gasteiger partial charge on any atom is -0.464 e. The number of nitrogens with one attached hydrogen (secondary N) is 1. The summed E-state index contributed by atoms with van der Waals surface area (Å²) in [5, 5.41) is 11.9. The fourth-order valence-electron chi connectivity index (χ4n) is 1.43. The predicted molar refractivity (Wildman–Crippen MR) is 67.8 cm³/mol. The first kappa shape index (κ1) is 12.5. The number of carbonyl (C=O) groups excluding carboxylic acids is 1. The van der Waals surface area contributed by atoms with Crippen LogP contribution in [0.5, 0.6) is 0 Å². The molecular weight excluding hydrogens is 244 g/mol. The van der Waals surface area contributed by atoms with E-state index < -0.39 is 5.97 Å². The summed E-state index contributed by atoms with van der Waals surface area (Å²) in [6.45, 7) is 0. The molecule has 0 fully saturated rings. The lowest BCUT2D eigenvalue weighted by Crippen LogP contribution is -2.06. The number of esters is 1. The van der Waals surface area contributed by atoms with Crippen LogP contribution in [0.3, 0.4) is 0 Å². The van der Waals surface area contributed by atoms with Crippen molar-refractivity contribution < 1.29 is 9.53 Å². The number of anilines is 2. The molecule has 19 heavy (non-hydrogen) atoms. The van der Waals surface area contributed by atoms with Gasteiger partial charge in [0.25, 0.3) is 0 Å². The minimum absolute atomic E-state index is 0.126. The van der Waals surface area contributed by atoms with Gasteiger partial charge in [-0.3, -0.25) is 0 Å². The Hall–Kier alpha value is -2.94. The average molecular weight is 254 g/mol. The van der Waals surface area contributed by atoms with Gasteiger partial charge in [-0.15, -0.1) is 0 Å². The van der Waals surface area contributed by atoms with Crippen LogP contribution in [0, 0.1) is 11.3 Å². The monoisotopic (exact) mass is 254 g/mol. The van der Waals surface area contributed by atoms with E-state index in [1.807, 2.05) is 0 Å². The van der Waals surface area contributed by atoms with Gasteiger partial charge in [-0.2, -0.15) is 5.26 Å². The molecule has 0 spiro atoms. The van der Waals surface area contributed by atoms with Gasteiger partial charge in [-0.1, -0.05) is 12.1 Å². The van der Waals surface area contributed by atoms with Crippen LogP contribution in [0.1, 0.15) is 16.1 Å². The third-order valence-electron chi connectivity index (χ3n) is 2.36. The molecule has 2 aromatic rings. The minimum atomic E-state index is -0.545. The van der Waals surface area contributed by atoms with Crippen molar-refractivity contribution in [1.82, 2.24) is 9.97 Å². The zero-order valence-corrected chi connectivity index (χ0v) is 10.1. The molecule has 0 saturated carbocycles. The highest BCUT2D eigenvalue weighted by molar-refractivity contribution is 5.86. The number of rotatable bonds is 3. The van der Waals surface area contributed by atoms with Crippen molar-refractivity contribution in [2.75, 3.05) is 12.4 Å². The first-order chi connectivity index (χ1) is 9.24. The lowest BCUT2D eigenvalue weighted by Gasteiger charge is -2.06. The largest absolute Gasteiger partial charge is 0.464 e. The number of nitrogens with zero attached hydrogens (tertiary/aromatic N) is 3. The lowest BCUT2D eigenvalue weighted by molar-refractivity contribution is 0.0593. The van der Waals surface area contributed by atoms with Crippen LogP contribution in [-0.4, -0.2) is 23.0 Å². The molecule has 0 atom stereocenters. The number of para-hydroxylation sites is 1. The van der Waals surface area contributed by atoms with E-state index in [2.05, 4.69) is 26.1 Å². The Bertz CT molecular complexity index is 632. The maximum atomic E-state index is 11.2. The summed E-state index contributed by atoms with van der Waals surface area (Å²) >= 11 is 0. The van der Waals surface area contributed by atoms with E-state index in [9.17, 15) is 4.79 Å². The Balaban J connectivity index is 2.20. The number of hydrogen-bond acceptors (Lipinski definition) is 6. The lowest BCUT2D eigenvalue weighted by atomic mass is 10.2. The highest BCUT2D eigenvalue weighted by Crippen LogP contribution is 2.18. The van der Waals surface area contributed by atoms with Crippen LogP contribution < -0.4 is 5.32 Å². The molecule has 1 aromatic heterocycles. The molecule has 0 amide bonds. The normalized spacial score (nSPS) is 9.47. The molecule has 0 radical (unpaired) electrons. The number of nitriles is 1. The van der Waals surface area contributed by atoms with E-state index in [0.717, 1.165) is 0 Å². The average Bonchev–Trinajstić information content (AvgIpc) is 2.48. The predicted octanol–water partition coefficient (Wildman–Crippen LogP) is 1.88. The fourth-order valence-corrected chi connectivity index (χ4v) is 1.43. The Morgan fingerprint density at radius 2 is 2.11 bits per heavy atom. The highest BCUT2D eigenvalue weighted by atomic mass is 16.5. The standard InChI is InChI=1S/C13H10N4O2/c1-19-13(18)11-7-16-12(8-15-11)17-10-5-3-2-4-9(10)6-14/h2-5,7-8H,1H3,(H,16,17). The Kier molecular flexibility index (Phi) is 3.69. The van der Waals surface area contributed by atoms with Gasteiger partial charge in [0.05, 0.1) is 30.8 Å². The van der Waals surface area contributed by atoms with E-state index in [-0.39, 0.29) is 5.69 Å². The second kappa shape index (κ2) is 5.60. The van der Waals surface area contributed by atoms with Crippen molar-refractivity contribution in [2.45, 2.75) is 0 Å². The molecule has 0 aliphatic carbocycles. The number of benzene rings is 1. The number of ether oxygens (including phenoxy) is 1. The topological polar surface area (TPSA) is 87.9 Å². The molecule has 1 aromatic carbocycles. The number of carbonyl (C=O) groups is 1. The first-order valence-corrected chi connectivity index (χ1v) is 5.41. The van der Waals surface area contributed by atoms with Gasteiger partial charge < -0.3 is 10.1 Å². The summed E-state index contributed by atoms with van der Waals surface area (Å²) in [7, 11) is 1.28. The van der Waals surface area contributed by atoms with Crippen molar-refractivity contribution in [1.29, 1.82) is 5.26 Å². The van der Waals surface area contributed by atoms with E-state index in [1.54, 1.807) is 24.3 Å². The van der Waals surface area contributed by atoms with Crippen molar-refractivity contribution in [2.24, 2.45) is 0 Å². The summed E-state index contributed by atoms with van der Waals surface area (Å²) in [5.74, 6) is -0.105. The summed E-state index contributed by atoms with van der Waals surface area (Å²) in [4.78, 5) is 19.1. The molecular formula is C13H10N4O2. The fraction of sp³-hybridized carbons (Fsp3) is 0.0769. The smallest absolute Gasteiger partial charge is 0.358 e. The zero-order valence-electron chi connectivity index (χ0n) is 10.1. The summed E-state index contributed by atoms with van der Waals surface area (Å²) in [6, 6.07) is 9.10. The molecule has 94 valence electrons. The molecule has 2 rings (SSSR count). The van der Waals surface area contributed by atoms with E-state index in [1.165, 1.54) is 19.5 Å². The van der Waals surface area contributed by atoms with Crippen LogP contribution in [0.4, 0.5) is 11.5 Å². The Morgan fingerprint density at radius 1 is 1.32 bits per heavy atom. The SMILES string of the molecule is COC(=O)c1cnc(Nc2ccccc2C#N)cn1. The molecule has 0 saturated heterocycles. The maximum absolute atomic E-state index is 11.2. The number of methoxy groups -OCH3 is 1. The third kappa shape index (κ3) is 2.84. The molecule has 0 aliphatic heterocycles. The van der Waals surface area contributed by atoms with E-state index in [0.29, 0.717) is 17.1 Å². The van der Waals surface area contributed by atoms with Gasteiger partial charge in [-0.05, 0) is 12.1 Å². The molecule has 0 bridgehead atoms. The molecule has 6 nitrogen and oxygen atoms in total. The van der Waals surface area contributed by atoms with Crippen LogP contribution in [0.2, 0.25) is 0 Å². The van der Waals surface area contributed by atoms with E-state index >= 15 is 0 Å². The van der Waals surface area contributed by atoms with Gasteiger partial charge >= 0.3 is 5.97 Å². The van der Waals surface area contributed by atoms with E-state index in [4.69, 9.17) is 5.26 Å². The quantitative estimate of drug-likeness (QED) is 0.841. The Morgan fingerprint density at radius 3 is 2.74 bits per heavy atom. The van der Waals surface area contributed by atoms with Crippen molar-refractivity contribution >= 4 is 17.5 Å². The number of aromatic nitrogens is 2. The number of hydrogen-bond donors (Lipinski definition) is 1. The second-order valence-corrected chi connectivity index (χ2v) is 3.56. The molecule has 0 unspecified atom stereocenters. The van der Waals surface area contributed by atoms with Crippen LogP contribution in [0.15, 0.2) is 36.7 Å². The highest BCUT2D eigenvalue weighted by Gasteiger charge is 2.08. The molecule has 0 aliphatic rings. The summed E-state index contributed by atoms with van der Waals surface area (Å²) in [6.07, 6.45) is 2.71. The molecule has 1 N–H and O–H groups in total. The van der Waals surface area contributed by atoms with Gasteiger partial charge in [0.15, 0.2) is 5.69 Å². The van der Waals surface area contributed by atoms with Crippen molar-refractivity contribution in [3.8, 4) is 6.07 Å². The first-order valence-electron chi connectivity index (χ1n) is 5.41. The zero-order chi connectivity index (χ0) is 13.7. The van der Waals surface area contributed by atoms with Crippen molar-refractivity contribution in [3.05, 3.63) is 47.9 Å². The third-order valence-corrected chi connectivity index (χ3v) is 2.36. The van der Waals surface area contributed by atoms with Crippen LogP contribution >= 0.6 is 0 Å². The summed E-state index contributed by atoms with van der Waals surface area (Å²) < 4.78 is 4.53.